The van der Waals surface area contributed by atoms with E-state index in [-0.39, 0.29) is 18.0 Å². The zero-order valence-electron chi connectivity index (χ0n) is 18.2. The topological polar surface area (TPSA) is 78.3 Å². The molecule has 0 aliphatic carbocycles. The predicted molar refractivity (Wildman–Crippen MR) is 123 cm³/mol. The molecule has 0 saturated heterocycles. The third kappa shape index (κ3) is 4.26. The fourth-order valence-electron chi connectivity index (χ4n) is 4.13. The first-order chi connectivity index (χ1) is 15.8. The number of aromatic nitrogens is 2. The van der Waals surface area contributed by atoms with Crippen LogP contribution in [0.2, 0.25) is 0 Å². The molecule has 4 rings (SSSR count). The Morgan fingerprint density at radius 2 is 1.88 bits per heavy atom. The molecule has 33 heavy (non-hydrogen) atoms. The first-order valence-electron chi connectivity index (χ1n) is 10.5. The summed E-state index contributed by atoms with van der Waals surface area (Å²) in [7, 11) is -3.95. The number of esters is 1. The van der Waals surface area contributed by atoms with E-state index < -0.39 is 26.9 Å². The smallest absolute Gasteiger partial charge is 0.325 e. The molecule has 0 aliphatic rings. The third-order valence-corrected chi connectivity index (χ3v) is 7.62. The summed E-state index contributed by atoms with van der Waals surface area (Å²) >= 11 is 0. The summed E-state index contributed by atoms with van der Waals surface area (Å²) in [5, 5.41) is -0.730. The van der Waals surface area contributed by atoms with Crippen LogP contribution < -0.4 is 0 Å². The number of carbonyl (C=O) groups excluding carboxylic acids is 1. The lowest BCUT2D eigenvalue weighted by molar-refractivity contribution is -0.143. The van der Waals surface area contributed by atoms with Crippen molar-refractivity contribution in [2.45, 2.75) is 30.5 Å². The number of nitrogens with zero attached hydrogens (tertiary/aromatic N) is 2. The van der Waals surface area contributed by atoms with Crippen molar-refractivity contribution in [1.82, 2.24) is 9.55 Å². The van der Waals surface area contributed by atoms with E-state index in [0.717, 1.165) is 0 Å². The molecule has 1 unspecified atom stereocenters. The molecule has 170 valence electrons. The Morgan fingerprint density at radius 3 is 2.55 bits per heavy atom. The molecule has 2 aromatic heterocycles. The Bertz CT molecular complexity index is 1400. The number of benzene rings is 2. The van der Waals surface area contributed by atoms with Gasteiger partial charge >= 0.3 is 5.97 Å². The summed E-state index contributed by atoms with van der Waals surface area (Å²) in [6.07, 6.45) is 3.06. The van der Waals surface area contributed by atoms with Crippen molar-refractivity contribution < 1.29 is 22.3 Å². The molecule has 0 aliphatic heterocycles. The Hall–Kier alpha value is -3.52. The number of ether oxygens (including phenoxy) is 1. The van der Waals surface area contributed by atoms with E-state index in [1.807, 2.05) is 0 Å². The van der Waals surface area contributed by atoms with Gasteiger partial charge in [0.25, 0.3) is 0 Å². The number of pyridine rings is 1. The van der Waals surface area contributed by atoms with E-state index in [1.165, 1.54) is 30.5 Å². The lowest BCUT2D eigenvalue weighted by atomic mass is 10.0. The molecule has 0 amide bonds. The van der Waals surface area contributed by atoms with Gasteiger partial charge in [0.1, 0.15) is 17.6 Å². The van der Waals surface area contributed by atoms with Gasteiger partial charge in [0.2, 0.25) is 0 Å². The summed E-state index contributed by atoms with van der Waals surface area (Å²) in [6.45, 7) is 3.55. The molecule has 0 radical (unpaired) electrons. The number of hydrogen-bond acceptors (Lipinski definition) is 5. The van der Waals surface area contributed by atoms with Crippen molar-refractivity contribution >= 4 is 26.7 Å². The van der Waals surface area contributed by atoms with Crippen LogP contribution in [0.1, 0.15) is 29.0 Å². The van der Waals surface area contributed by atoms with Crippen LogP contribution in [-0.4, -0.2) is 30.5 Å². The minimum atomic E-state index is -3.95. The van der Waals surface area contributed by atoms with E-state index in [1.54, 1.807) is 61.0 Å². The molecule has 0 spiro atoms. The number of rotatable bonds is 7. The van der Waals surface area contributed by atoms with Crippen molar-refractivity contribution in [3.8, 4) is 0 Å². The van der Waals surface area contributed by atoms with E-state index in [0.29, 0.717) is 27.7 Å². The summed E-state index contributed by atoms with van der Waals surface area (Å²) in [5.41, 5.74) is 1.95. The highest BCUT2D eigenvalue weighted by molar-refractivity contribution is 7.92. The van der Waals surface area contributed by atoms with Gasteiger partial charge in [-0.1, -0.05) is 24.3 Å². The van der Waals surface area contributed by atoms with Crippen molar-refractivity contribution in [2.24, 2.45) is 0 Å². The number of carbonyl (C=O) groups is 1. The third-order valence-electron chi connectivity index (χ3n) is 5.56. The summed E-state index contributed by atoms with van der Waals surface area (Å²) in [4.78, 5) is 16.6. The Kier molecular flexibility index (Phi) is 6.29. The maximum Gasteiger partial charge on any atom is 0.325 e. The van der Waals surface area contributed by atoms with Gasteiger partial charge in [-0.3, -0.25) is 9.78 Å². The molecule has 2 aromatic carbocycles. The van der Waals surface area contributed by atoms with E-state index in [9.17, 15) is 17.6 Å². The zero-order valence-corrected chi connectivity index (χ0v) is 19.0. The molecule has 1 atom stereocenters. The second-order valence-corrected chi connectivity index (χ2v) is 9.61. The van der Waals surface area contributed by atoms with E-state index in [2.05, 4.69) is 4.98 Å². The number of halogens is 1. The normalized spacial score (nSPS) is 12.6. The highest BCUT2D eigenvalue weighted by atomic mass is 32.2. The van der Waals surface area contributed by atoms with Crippen LogP contribution in [0.4, 0.5) is 4.39 Å². The Labute approximate surface area is 191 Å². The molecule has 4 aromatic rings. The average molecular weight is 467 g/mol. The van der Waals surface area contributed by atoms with Crippen molar-refractivity contribution in [3.05, 3.63) is 95.7 Å². The maximum absolute atomic E-state index is 14.4. The summed E-state index contributed by atoms with van der Waals surface area (Å²) in [6, 6.07) is 15.6. The molecular formula is C25H23FN2O4S. The standard InChI is InChI=1S/C25H23FN2O4S/c1-3-32-23(29)16-28-17(2)24(21-14-19(26)11-12-22(21)28)25(18-8-7-13-27-15-18)33(30,31)20-9-5-4-6-10-20/h4-15,25H,3,16H2,1-2H3. The van der Waals surface area contributed by atoms with Crippen molar-refractivity contribution in [2.75, 3.05) is 6.61 Å². The molecular weight excluding hydrogens is 443 g/mol. The van der Waals surface area contributed by atoms with Gasteiger partial charge in [-0.25, -0.2) is 12.8 Å². The largest absolute Gasteiger partial charge is 0.465 e. The van der Waals surface area contributed by atoms with Gasteiger partial charge < -0.3 is 9.30 Å². The van der Waals surface area contributed by atoms with Gasteiger partial charge in [-0.2, -0.15) is 0 Å². The van der Waals surface area contributed by atoms with Crippen LogP contribution in [0, 0.1) is 12.7 Å². The van der Waals surface area contributed by atoms with Crippen LogP contribution in [0.5, 0.6) is 0 Å². The van der Waals surface area contributed by atoms with Crippen LogP contribution >= 0.6 is 0 Å². The molecule has 0 bridgehead atoms. The SMILES string of the molecule is CCOC(=O)Cn1c(C)c(C(c2cccnc2)S(=O)(=O)c2ccccc2)c2cc(F)ccc21. The average Bonchev–Trinajstić information content (AvgIpc) is 3.06. The minimum Gasteiger partial charge on any atom is -0.465 e. The zero-order chi connectivity index (χ0) is 23.6. The maximum atomic E-state index is 14.4. The number of sulfone groups is 1. The highest BCUT2D eigenvalue weighted by Gasteiger charge is 2.35. The number of hydrogen-bond donors (Lipinski definition) is 0. The molecule has 0 saturated carbocycles. The molecule has 8 heteroatoms. The van der Waals surface area contributed by atoms with E-state index in [4.69, 9.17) is 4.74 Å². The first kappa shape index (κ1) is 22.7. The molecule has 2 heterocycles. The van der Waals surface area contributed by atoms with Crippen molar-refractivity contribution in [3.63, 3.8) is 0 Å². The second kappa shape index (κ2) is 9.15. The predicted octanol–water partition coefficient (Wildman–Crippen LogP) is 4.61. The number of fused-ring (bicyclic) bond motifs is 1. The van der Waals surface area contributed by atoms with E-state index >= 15 is 0 Å². The van der Waals surface area contributed by atoms with Gasteiger partial charge in [0.15, 0.2) is 9.84 Å². The molecule has 6 nitrogen and oxygen atoms in total. The van der Waals surface area contributed by atoms with Crippen LogP contribution in [0.15, 0.2) is 78.0 Å². The van der Waals surface area contributed by atoms with Gasteiger partial charge in [-0.15, -0.1) is 0 Å². The molecule has 0 fully saturated rings. The second-order valence-electron chi connectivity index (χ2n) is 7.58. The summed E-state index contributed by atoms with van der Waals surface area (Å²) < 4.78 is 49.0. The van der Waals surface area contributed by atoms with Gasteiger partial charge in [0.05, 0.1) is 11.5 Å². The van der Waals surface area contributed by atoms with Gasteiger partial charge in [-0.05, 0) is 55.8 Å². The van der Waals surface area contributed by atoms with Crippen molar-refractivity contribution in [1.29, 1.82) is 0 Å². The first-order valence-corrected chi connectivity index (χ1v) is 12.0. The minimum absolute atomic E-state index is 0.118. The monoisotopic (exact) mass is 466 g/mol. The summed E-state index contributed by atoms with van der Waals surface area (Å²) in [5.74, 6) is -0.962. The lowest BCUT2D eigenvalue weighted by Gasteiger charge is -2.19. The quantitative estimate of drug-likeness (QED) is 0.372. The lowest BCUT2D eigenvalue weighted by Crippen LogP contribution is -2.18. The molecule has 0 N–H and O–H groups in total. The fraction of sp³-hybridized carbons (Fsp3) is 0.200. The highest BCUT2D eigenvalue weighted by Crippen LogP contribution is 2.41. The van der Waals surface area contributed by atoms with Crippen LogP contribution in [-0.2, 0) is 25.9 Å². The van der Waals surface area contributed by atoms with Crippen LogP contribution in [0.25, 0.3) is 10.9 Å². The fourth-order valence-corrected chi connectivity index (χ4v) is 6.04. The Morgan fingerprint density at radius 1 is 1.12 bits per heavy atom. The van der Waals surface area contributed by atoms with Gasteiger partial charge in [0, 0.05) is 34.6 Å². The van der Waals surface area contributed by atoms with Crippen LogP contribution in [0.3, 0.4) is 0 Å². The Balaban J connectivity index is 2.03.